The van der Waals surface area contributed by atoms with Gasteiger partial charge in [-0.25, -0.2) is 4.79 Å². The highest BCUT2D eigenvalue weighted by atomic mass is 16.6. The number of allylic oxidation sites excluding steroid dienone is 1. The van der Waals surface area contributed by atoms with Gasteiger partial charge < -0.3 is 47.7 Å². The lowest BCUT2D eigenvalue weighted by Gasteiger charge is -2.09. The molecule has 0 aromatic carbocycles. The van der Waals surface area contributed by atoms with Crippen molar-refractivity contribution in [2.45, 2.75) is 6.42 Å². The van der Waals surface area contributed by atoms with Gasteiger partial charge >= 0.3 is 5.97 Å². The van der Waals surface area contributed by atoms with E-state index in [-0.39, 0.29) is 13.2 Å². The van der Waals surface area contributed by atoms with E-state index in [1.807, 2.05) is 0 Å². The highest BCUT2D eigenvalue weighted by Gasteiger charge is 2.05. The normalized spacial score (nSPS) is 11.0. The number of aliphatic hydroxyl groups is 1. The van der Waals surface area contributed by atoms with Crippen LogP contribution in [0.2, 0.25) is 0 Å². The number of rotatable bonds is 29. The van der Waals surface area contributed by atoms with Gasteiger partial charge in [0.05, 0.1) is 112 Å². The number of aliphatic hydroxyl groups excluding tert-OH is 1. The zero-order valence-corrected chi connectivity index (χ0v) is 21.0. The predicted octanol–water partition coefficient (Wildman–Crippen LogP) is 0.787. The van der Waals surface area contributed by atoms with Crippen LogP contribution in [0.3, 0.4) is 0 Å². The topological polar surface area (TPSA) is 120 Å². The lowest BCUT2D eigenvalue weighted by atomic mass is 10.2. The van der Waals surface area contributed by atoms with Crippen LogP contribution >= 0.6 is 0 Å². The summed E-state index contributed by atoms with van der Waals surface area (Å²) in [6, 6.07) is 0. The average molecular weight is 509 g/mol. The van der Waals surface area contributed by atoms with Crippen LogP contribution in [0.4, 0.5) is 0 Å². The molecule has 0 unspecified atom stereocenters. The molecule has 0 saturated carbocycles. The number of ether oxygens (including phenoxy) is 9. The van der Waals surface area contributed by atoms with Gasteiger partial charge in [-0.05, 0) is 6.42 Å². The van der Waals surface area contributed by atoms with Gasteiger partial charge in [-0.15, -0.1) is 6.58 Å². The second-order valence-electron chi connectivity index (χ2n) is 6.85. The molecule has 11 heteroatoms. The van der Waals surface area contributed by atoms with Crippen molar-refractivity contribution in [1.29, 1.82) is 0 Å². The molecule has 0 aliphatic heterocycles. The highest BCUT2D eigenvalue weighted by molar-refractivity contribution is 5.87. The van der Waals surface area contributed by atoms with E-state index in [9.17, 15) is 4.79 Å². The largest absolute Gasteiger partial charge is 0.460 e. The minimum atomic E-state index is -0.431. The maximum atomic E-state index is 11.5. The minimum Gasteiger partial charge on any atom is -0.460 e. The molecule has 206 valence electrons. The van der Waals surface area contributed by atoms with Gasteiger partial charge in [-0.2, -0.15) is 0 Å². The fourth-order valence-corrected chi connectivity index (χ4v) is 2.26. The zero-order chi connectivity index (χ0) is 25.7. The third-order valence-electron chi connectivity index (χ3n) is 3.98. The molecule has 0 bridgehead atoms. The van der Waals surface area contributed by atoms with Crippen LogP contribution in [-0.4, -0.2) is 130 Å². The Kier molecular flexibility index (Phi) is 27.7. The van der Waals surface area contributed by atoms with Gasteiger partial charge in [-0.3, -0.25) is 0 Å². The summed E-state index contributed by atoms with van der Waals surface area (Å²) in [4.78, 5) is 11.5. The smallest absolute Gasteiger partial charge is 0.333 e. The maximum absolute atomic E-state index is 11.5. The summed E-state index contributed by atoms with van der Waals surface area (Å²) in [5, 5.41) is 8.55. The van der Waals surface area contributed by atoms with Crippen molar-refractivity contribution in [2.75, 3.05) is 119 Å². The molecule has 0 fully saturated rings. The predicted molar refractivity (Wildman–Crippen MR) is 129 cm³/mol. The van der Waals surface area contributed by atoms with Crippen LogP contribution in [0.1, 0.15) is 6.42 Å². The number of esters is 1. The van der Waals surface area contributed by atoms with Crippen LogP contribution in [0.25, 0.3) is 0 Å². The molecule has 1 N–H and O–H groups in total. The molecule has 35 heavy (non-hydrogen) atoms. The van der Waals surface area contributed by atoms with Crippen molar-refractivity contribution < 1.29 is 52.5 Å². The minimum absolute atomic E-state index is 0.0222. The molecule has 0 aliphatic carbocycles. The van der Waals surface area contributed by atoms with Crippen molar-refractivity contribution in [2.24, 2.45) is 0 Å². The van der Waals surface area contributed by atoms with E-state index in [1.54, 1.807) is 6.08 Å². The first-order valence-corrected chi connectivity index (χ1v) is 11.9. The summed E-state index contributed by atoms with van der Waals surface area (Å²) in [7, 11) is 0. The van der Waals surface area contributed by atoms with Crippen LogP contribution in [-0.2, 0) is 47.4 Å². The second kappa shape index (κ2) is 28.8. The van der Waals surface area contributed by atoms with Crippen molar-refractivity contribution in [3.8, 4) is 0 Å². The molecule has 0 heterocycles. The molecule has 0 radical (unpaired) electrons. The summed E-state index contributed by atoms with van der Waals surface area (Å²) in [5.41, 5.74) is 0.375. The number of carbonyl (C=O) groups is 1. The molecule has 0 saturated heterocycles. The number of carbonyl (C=O) groups excluding carboxylic acids is 1. The fourth-order valence-electron chi connectivity index (χ4n) is 2.26. The average Bonchev–Trinajstić information content (AvgIpc) is 2.86. The van der Waals surface area contributed by atoms with Crippen molar-refractivity contribution >= 4 is 5.97 Å². The van der Waals surface area contributed by atoms with E-state index in [0.717, 1.165) is 0 Å². The summed E-state index contributed by atoms with van der Waals surface area (Å²) in [6.07, 6.45) is 2.01. The Morgan fingerprint density at radius 2 is 0.829 bits per heavy atom. The molecule has 0 spiro atoms. The summed E-state index contributed by atoms with van der Waals surface area (Å²) in [6.45, 7) is 14.7. The lowest BCUT2D eigenvalue weighted by Crippen LogP contribution is -2.15. The van der Waals surface area contributed by atoms with Gasteiger partial charge in [0.15, 0.2) is 0 Å². The third-order valence-corrected chi connectivity index (χ3v) is 3.98. The van der Waals surface area contributed by atoms with Crippen LogP contribution in [0.5, 0.6) is 0 Å². The molecule has 0 aromatic heterocycles. The van der Waals surface area contributed by atoms with E-state index >= 15 is 0 Å². The van der Waals surface area contributed by atoms with Gasteiger partial charge in [0.1, 0.15) is 6.61 Å². The van der Waals surface area contributed by atoms with Crippen molar-refractivity contribution in [3.63, 3.8) is 0 Å². The molecule has 0 aliphatic rings. The van der Waals surface area contributed by atoms with Gasteiger partial charge in [0.2, 0.25) is 0 Å². The number of hydrogen-bond donors (Lipinski definition) is 1. The standard InChI is InChI=1S/C24H44O11/c1-3-4-23(2)24(26)35-22-21-34-20-19-33-18-17-32-16-15-31-14-13-30-12-11-29-10-9-28-8-7-27-6-5-25/h3,25H,1-2,4-22H2. The molecule has 11 nitrogen and oxygen atoms in total. The molecule has 0 rings (SSSR count). The zero-order valence-electron chi connectivity index (χ0n) is 21.0. The van der Waals surface area contributed by atoms with E-state index in [0.29, 0.717) is 118 Å². The Morgan fingerprint density at radius 1 is 0.543 bits per heavy atom. The molecular weight excluding hydrogens is 464 g/mol. The van der Waals surface area contributed by atoms with Crippen molar-refractivity contribution in [1.82, 2.24) is 0 Å². The summed E-state index contributed by atoms with van der Waals surface area (Å²) < 4.78 is 47.7. The summed E-state index contributed by atoms with van der Waals surface area (Å²) in [5.74, 6) is -0.431. The first-order chi connectivity index (χ1) is 17.2. The van der Waals surface area contributed by atoms with Crippen LogP contribution < -0.4 is 0 Å². The first kappa shape index (κ1) is 33.6. The maximum Gasteiger partial charge on any atom is 0.333 e. The Labute approximate surface area is 209 Å². The molecule has 0 aromatic rings. The van der Waals surface area contributed by atoms with E-state index < -0.39 is 5.97 Å². The van der Waals surface area contributed by atoms with Crippen LogP contribution in [0.15, 0.2) is 24.8 Å². The van der Waals surface area contributed by atoms with Gasteiger partial charge in [-0.1, -0.05) is 12.7 Å². The van der Waals surface area contributed by atoms with Crippen molar-refractivity contribution in [3.05, 3.63) is 24.8 Å². The Bertz CT molecular complexity index is 488. The van der Waals surface area contributed by atoms with E-state index in [4.69, 9.17) is 47.7 Å². The SMILES string of the molecule is C=CCC(=C)C(=O)OCCOCCOCCOCCOCCOCCOCCOCCOCCO. The molecular formula is C24H44O11. The monoisotopic (exact) mass is 508 g/mol. The molecule has 0 amide bonds. The van der Waals surface area contributed by atoms with E-state index in [1.165, 1.54) is 0 Å². The molecule has 0 atom stereocenters. The summed E-state index contributed by atoms with van der Waals surface area (Å²) >= 11 is 0. The Morgan fingerprint density at radius 3 is 1.11 bits per heavy atom. The fraction of sp³-hybridized carbons (Fsp3) is 0.792. The quantitative estimate of drug-likeness (QED) is 0.0668. The van der Waals surface area contributed by atoms with Gasteiger partial charge in [0, 0.05) is 5.57 Å². The van der Waals surface area contributed by atoms with Gasteiger partial charge in [0.25, 0.3) is 0 Å². The van der Waals surface area contributed by atoms with Crippen LogP contribution in [0, 0.1) is 0 Å². The Hall–Kier alpha value is -1.41. The first-order valence-electron chi connectivity index (χ1n) is 11.9. The third kappa shape index (κ3) is 27.0. The lowest BCUT2D eigenvalue weighted by molar-refractivity contribution is -0.140. The number of hydrogen-bond acceptors (Lipinski definition) is 11. The second-order valence-corrected chi connectivity index (χ2v) is 6.85. The van der Waals surface area contributed by atoms with E-state index in [2.05, 4.69) is 13.2 Å². The highest BCUT2D eigenvalue weighted by Crippen LogP contribution is 2.01. The Balaban J connectivity index is 3.10.